The van der Waals surface area contributed by atoms with E-state index >= 15 is 0 Å². The Balaban J connectivity index is 1.36. The van der Waals surface area contributed by atoms with E-state index in [2.05, 4.69) is 26.5 Å². The number of nitrogens with one attached hydrogen (secondary N) is 1. The average molecular weight is 428 g/mol. The van der Waals surface area contributed by atoms with E-state index in [4.69, 9.17) is 0 Å². The van der Waals surface area contributed by atoms with Crippen LogP contribution in [0.2, 0.25) is 0 Å². The van der Waals surface area contributed by atoms with Crippen LogP contribution >= 0.6 is 0 Å². The predicted molar refractivity (Wildman–Crippen MR) is 114 cm³/mol. The molecule has 0 atom stereocenters. The highest BCUT2D eigenvalue weighted by Crippen LogP contribution is 2.38. The van der Waals surface area contributed by atoms with Crippen molar-refractivity contribution >= 4 is 33.3 Å². The van der Waals surface area contributed by atoms with Gasteiger partial charge in [0.1, 0.15) is 0 Å². The summed E-state index contributed by atoms with van der Waals surface area (Å²) in [4.78, 5) is 25.0. The molecule has 0 unspecified atom stereocenters. The molecule has 30 heavy (non-hydrogen) atoms. The molecule has 1 aromatic carbocycles. The Morgan fingerprint density at radius 1 is 1.00 bits per heavy atom. The number of carbonyl (C=O) groups excluding carboxylic acids is 1. The third-order valence-corrected chi connectivity index (χ3v) is 7.65. The van der Waals surface area contributed by atoms with E-state index in [9.17, 15) is 13.2 Å². The zero-order valence-electron chi connectivity index (χ0n) is 17.0. The van der Waals surface area contributed by atoms with E-state index in [1.165, 1.54) is 12.4 Å². The highest BCUT2D eigenvalue weighted by Gasteiger charge is 2.33. The molecule has 5 rings (SSSR count). The van der Waals surface area contributed by atoms with Crippen molar-refractivity contribution in [3.63, 3.8) is 0 Å². The molecule has 1 aromatic heterocycles. The van der Waals surface area contributed by atoms with Gasteiger partial charge in [-0.1, -0.05) is 6.92 Å². The van der Waals surface area contributed by atoms with Crippen LogP contribution in [0, 0.1) is 5.92 Å². The van der Waals surface area contributed by atoms with Crippen LogP contribution in [0.3, 0.4) is 0 Å². The van der Waals surface area contributed by atoms with E-state index in [0.717, 1.165) is 48.7 Å². The number of hydrogen-bond acceptors (Lipinski definition) is 6. The van der Waals surface area contributed by atoms with Crippen LogP contribution in [0.25, 0.3) is 0 Å². The first-order chi connectivity index (χ1) is 14.4. The number of piperidine rings is 1. The normalized spacial score (nSPS) is 19.2. The number of amides is 1. The molecule has 3 aliphatic heterocycles. The van der Waals surface area contributed by atoms with Gasteiger partial charge in [-0.25, -0.2) is 18.4 Å². The first kappa shape index (κ1) is 19.3. The molecular formula is C21H25N5O3S. The maximum absolute atomic E-state index is 13.0. The Bertz CT molecular complexity index is 1090. The van der Waals surface area contributed by atoms with Gasteiger partial charge in [0.05, 0.1) is 28.7 Å². The second-order valence-corrected chi connectivity index (χ2v) is 10.1. The van der Waals surface area contributed by atoms with Crippen molar-refractivity contribution in [1.82, 2.24) is 9.97 Å². The minimum atomic E-state index is -3.77. The largest absolute Gasteiger partial charge is 0.341 e. The molecule has 4 heterocycles. The summed E-state index contributed by atoms with van der Waals surface area (Å²) >= 11 is 0. The van der Waals surface area contributed by atoms with Crippen molar-refractivity contribution in [1.29, 1.82) is 0 Å². The van der Waals surface area contributed by atoms with Crippen molar-refractivity contribution in [3.8, 4) is 0 Å². The van der Waals surface area contributed by atoms with E-state index in [1.54, 1.807) is 17.0 Å². The molecule has 2 aromatic rings. The minimum Gasteiger partial charge on any atom is -0.341 e. The minimum absolute atomic E-state index is 0.121. The summed E-state index contributed by atoms with van der Waals surface area (Å²) in [7, 11) is -3.77. The lowest BCUT2D eigenvalue weighted by atomic mass is 10.00. The van der Waals surface area contributed by atoms with E-state index < -0.39 is 10.0 Å². The van der Waals surface area contributed by atoms with Crippen molar-refractivity contribution < 1.29 is 13.2 Å². The Hall–Kier alpha value is -2.68. The molecule has 0 bridgehead atoms. The van der Waals surface area contributed by atoms with Crippen LogP contribution in [-0.4, -0.2) is 43.9 Å². The fraction of sp³-hybridized carbons (Fsp3) is 0.476. The first-order valence-electron chi connectivity index (χ1n) is 10.5. The third kappa shape index (κ3) is 3.40. The summed E-state index contributed by atoms with van der Waals surface area (Å²) in [6, 6.07) is 3.37. The SMILES string of the molecule is CC1CCN(c2ncc(NS(=O)(=O)c3cc4c5c(c3)CCN5C(=O)CC4)cn2)CC1. The number of benzene rings is 1. The Morgan fingerprint density at radius 3 is 2.37 bits per heavy atom. The monoisotopic (exact) mass is 427 g/mol. The Morgan fingerprint density at radius 2 is 1.67 bits per heavy atom. The summed E-state index contributed by atoms with van der Waals surface area (Å²) in [5, 5.41) is 0. The highest BCUT2D eigenvalue weighted by molar-refractivity contribution is 7.92. The van der Waals surface area contributed by atoms with E-state index in [0.29, 0.717) is 37.4 Å². The van der Waals surface area contributed by atoms with Gasteiger partial charge in [-0.15, -0.1) is 0 Å². The number of rotatable bonds is 4. The van der Waals surface area contributed by atoms with Crippen molar-refractivity contribution in [3.05, 3.63) is 35.7 Å². The topological polar surface area (TPSA) is 95.5 Å². The number of aryl methyl sites for hydroxylation is 1. The number of anilines is 3. The number of aromatic nitrogens is 2. The summed E-state index contributed by atoms with van der Waals surface area (Å²) in [6.45, 7) is 4.72. The molecule has 1 saturated heterocycles. The summed E-state index contributed by atoms with van der Waals surface area (Å²) in [5.41, 5.74) is 3.10. The van der Waals surface area contributed by atoms with Crippen LogP contribution in [0.5, 0.6) is 0 Å². The van der Waals surface area contributed by atoms with Crippen molar-refractivity contribution in [2.24, 2.45) is 5.92 Å². The second-order valence-electron chi connectivity index (χ2n) is 8.43. The van der Waals surface area contributed by atoms with Gasteiger partial charge < -0.3 is 9.80 Å². The zero-order chi connectivity index (χ0) is 20.9. The first-order valence-corrected chi connectivity index (χ1v) is 11.9. The zero-order valence-corrected chi connectivity index (χ0v) is 17.8. The molecule has 0 saturated carbocycles. The number of sulfonamides is 1. The molecule has 9 heteroatoms. The van der Waals surface area contributed by atoms with Gasteiger partial charge in [-0.05, 0) is 54.9 Å². The van der Waals surface area contributed by atoms with Crippen LogP contribution < -0.4 is 14.5 Å². The average Bonchev–Trinajstić information content (AvgIpc) is 3.17. The molecule has 8 nitrogen and oxygen atoms in total. The lowest BCUT2D eigenvalue weighted by molar-refractivity contribution is -0.118. The quantitative estimate of drug-likeness (QED) is 0.805. The number of hydrogen-bond donors (Lipinski definition) is 1. The molecule has 1 amide bonds. The molecule has 3 aliphatic rings. The second kappa shape index (κ2) is 7.23. The molecular weight excluding hydrogens is 402 g/mol. The van der Waals surface area contributed by atoms with Crippen molar-refractivity contribution in [2.45, 2.75) is 43.9 Å². The maximum atomic E-state index is 13.0. The van der Waals surface area contributed by atoms with Crippen LogP contribution in [-0.2, 0) is 27.7 Å². The number of carbonyl (C=O) groups is 1. The van der Waals surface area contributed by atoms with E-state index in [1.807, 2.05) is 0 Å². The molecule has 1 fully saturated rings. The molecule has 0 radical (unpaired) electrons. The van der Waals surface area contributed by atoms with Gasteiger partial charge in [0.2, 0.25) is 11.9 Å². The predicted octanol–water partition coefficient (Wildman–Crippen LogP) is 2.35. The molecule has 158 valence electrons. The third-order valence-electron chi connectivity index (χ3n) is 6.29. The van der Waals surface area contributed by atoms with Gasteiger partial charge in [-0.2, -0.15) is 0 Å². The smallest absolute Gasteiger partial charge is 0.262 e. The lowest BCUT2D eigenvalue weighted by Gasteiger charge is -2.30. The summed E-state index contributed by atoms with van der Waals surface area (Å²) in [6.07, 6.45) is 6.96. The van der Waals surface area contributed by atoms with Gasteiger partial charge in [-0.3, -0.25) is 9.52 Å². The number of nitrogens with zero attached hydrogens (tertiary/aromatic N) is 4. The standard InChI is InChI=1S/C21H25N5O3S/c1-14-4-7-25(8-5-14)21-22-12-17(13-23-21)24-30(28,29)18-10-15-2-3-19(27)26-9-6-16(11-18)20(15)26/h10-14,24H,2-9H2,1H3. The van der Waals surface area contributed by atoms with Crippen LogP contribution in [0.1, 0.15) is 37.3 Å². The lowest BCUT2D eigenvalue weighted by Crippen LogP contribution is -2.34. The van der Waals surface area contributed by atoms with Gasteiger partial charge in [0.15, 0.2) is 0 Å². The molecule has 1 N–H and O–H groups in total. The van der Waals surface area contributed by atoms with Gasteiger partial charge in [0, 0.05) is 26.1 Å². The van der Waals surface area contributed by atoms with E-state index in [-0.39, 0.29) is 10.8 Å². The fourth-order valence-corrected chi connectivity index (χ4v) is 5.67. The maximum Gasteiger partial charge on any atom is 0.262 e. The fourth-order valence-electron chi connectivity index (χ4n) is 4.54. The Kier molecular flexibility index (Phi) is 4.65. The van der Waals surface area contributed by atoms with Crippen LogP contribution in [0.15, 0.2) is 29.4 Å². The van der Waals surface area contributed by atoms with Gasteiger partial charge >= 0.3 is 0 Å². The molecule has 0 spiro atoms. The Labute approximate surface area is 176 Å². The van der Waals surface area contributed by atoms with Gasteiger partial charge in [0.25, 0.3) is 10.0 Å². The summed E-state index contributed by atoms with van der Waals surface area (Å²) < 4.78 is 28.6. The molecule has 0 aliphatic carbocycles. The van der Waals surface area contributed by atoms with Crippen molar-refractivity contribution in [2.75, 3.05) is 34.2 Å². The summed E-state index contributed by atoms with van der Waals surface area (Å²) in [5.74, 6) is 1.47. The van der Waals surface area contributed by atoms with Crippen LogP contribution in [0.4, 0.5) is 17.3 Å². The highest BCUT2D eigenvalue weighted by atomic mass is 32.2.